The Bertz CT molecular complexity index is 783. The van der Waals surface area contributed by atoms with Gasteiger partial charge in [0.15, 0.2) is 0 Å². The second-order valence-electron chi connectivity index (χ2n) is 4.81. The van der Waals surface area contributed by atoms with Gasteiger partial charge < -0.3 is 5.32 Å². The number of fused-ring (bicyclic) bond motifs is 1. The highest BCUT2D eigenvalue weighted by Gasteiger charge is 2.18. The van der Waals surface area contributed by atoms with Crippen LogP contribution in [0, 0.1) is 0 Å². The molecule has 2 nitrogen and oxygen atoms in total. The maximum Gasteiger partial charge on any atom is 0.0599 e. The highest BCUT2D eigenvalue weighted by Crippen LogP contribution is 2.35. The van der Waals surface area contributed by atoms with E-state index >= 15 is 0 Å². The van der Waals surface area contributed by atoms with Gasteiger partial charge in [0.1, 0.15) is 0 Å². The lowest BCUT2D eigenvalue weighted by Gasteiger charge is -2.20. The van der Waals surface area contributed by atoms with Crippen molar-refractivity contribution in [3.05, 3.63) is 75.5 Å². The van der Waals surface area contributed by atoms with Crippen molar-refractivity contribution in [3.8, 4) is 0 Å². The van der Waals surface area contributed by atoms with E-state index in [-0.39, 0.29) is 6.04 Å². The third-order valence-electron chi connectivity index (χ3n) is 3.61. The Kier molecular flexibility index (Phi) is 4.24. The molecule has 0 spiro atoms. The van der Waals surface area contributed by atoms with Crippen molar-refractivity contribution >= 4 is 38.3 Å². The van der Waals surface area contributed by atoms with Gasteiger partial charge in [-0.1, -0.05) is 41.9 Å². The second kappa shape index (κ2) is 6.14. The van der Waals surface area contributed by atoms with Crippen molar-refractivity contribution in [1.29, 1.82) is 0 Å². The van der Waals surface area contributed by atoms with Crippen LogP contribution >= 0.6 is 27.5 Å². The van der Waals surface area contributed by atoms with Gasteiger partial charge in [-0.05, 0) is 51.6 Å². The summed E-state index contributed by atoms with van der Waals surface area (Å²) in [6.07, 6.45) is 3.72. The Labute approximate surface area is 137 Å². The fraction of sp³-hybridized carbons (Fsp3) is 0.118. The van der Waals surface area contributed by atoms with Crippen molar-refractivity contribution in [1.82, 2.24) is 10.3 Å². The summed E-state index contributed by atoms with van der Waals surface area (Å²) in [7, 11) is 1.94. The zero-order valence-electron chi connectivity index (χ0n) is 11.5. The molecular weight excluding hydrogens is 348 g/mol. The highest BCUT2D eigenvalue weighted by molar-refractivity contribution is 9.10. The topological polar surface area (TPSA) is 24.9 Å². The molecule has 0 radical (unpaired) electrons. The third-order valence-corrected chi connectivity index (χ3v) is 4.92. The van der Waals surface area contributed by atoms with Crippen molar-refractivity contribution < 1.29 is 0 Å². The summed E-state index contributed by atoms with van der Waals surface area (Å²) in [6.45, 7) is 0. The van der Waals surface area contributed by atoms with Crippen LogP contribution in [0.2, 0.25) is 5.02 Å². The Morgan fingerprint density at radius 3 is 2.67 bits per heavy atom. The van der Waals surface area contributed by atoms with E-state index in [1.54, 1.807) is 0 Å². The van der Waals surface area contributed by atoms with E-state index in [2.05, 4.69) is 44.4 Å². The van der Waals surface area contributed by atoms with Gasteiger partial charge in [-0.25, -0.2) is 0 Å². The van der Waals surface area contributed by atoms with Crippen LogP contribution in [-0.4, -0.2) is 12.0 Å². The number of aromatic nitrogens is 1. The van der Waals surface area contributed by atoms with Crippen molar-refractivity contribution in [2.45, 2.75) is 6.04 Å². The van der Waals surface area contributed by atoms with E-state index in [1.165, 1.54) is 10.9 Å². The molecule has 0 aliphatic heterocycles. The molecule has 3 rings (SSSR count). The summed E-state index contributed by atoms with van der Waals surface area (Å²) in [6, 6.07) is 14.3. The first kappa shape index (κ1) is 14.5. The Balaban J connectivity index is 2.21. The number of nitrogens with zero attached hydrogens (tertiary/aromatic N) is 1. The predicted molar refractivity (Wildman–Crippen MR) is 91.8 cm³/mol. The molecular formula is C17H14BrClN2. The number of nitrogens with one attached hydrogen (secondary N) is 1. The minimum atomic E-state index is 0.0166. The molecule has 106 valence electrons. The summed E-state index contributed by atoms with van der Waals surface area (Å²) in [5, 5.41) is 6.41. The van der Waals surface area contributed by atoms with E-state index in [0.29, 0.717) is 0 Å². The number of halogens is 2. The number of pyridine rings is 1. The SMILES string of the molecule is CNC(c1cccc(Br)c1Cl)c1cccc2ccncc12. The van der Waals surface area contributed by atoms with Gasteiger partial charge in [-0.15, -0.1) is 0 Å². The number of benzene rings is 2. The predicted octanol–water partition coefficient (Wildman–Crippen LogP) is 4.96. The van der Waals surface area contributed by atoms with Crippen LogP contribution in [0.15, 0.2) is 59.3 Å². The minimum Gasteiger partial charge on any atom is -0.309 e. The summed E-state index contributed by atoms with van der Waals surface area (Å²) < 4.78 is 0.903. The normalized spacial score (nSPS) is 12.5. The van der Waals surface area contributed by atoms with E-state index in [0.717, 1.165) is 20.4 Å². The number of hydrogen-bond donors (Lipinski definition) is 1. The van der Waals surface area contributed by atoms with Gasteiger partial charge in [0, 0.05) is 22.3 Å². The molecule has 0 amide bonds. The van der Waals surface area contributed by atoms with Crippen LogP contribution in [0.5, 0.6) is 0 Å². The summed E-state index contributed by atoms with van der Waals surface area (Å²) in [5.74, 6) is 0. The zero-order chi connectivity index (χ0) is 14.8. The average Bonchev–Trinajstić information content (AvgIpc) is 2.52. The molecule has 4 heteroatoms. The number of hydrogen-bond acceptors (Lipinski definition) is 2. The monoisotopic (exact) mass is 360 g/mol. The van der Waals surface area contributed by atoms with Gasteiger partial charge in [0.05, 0.1) is 11.1 Å². The van der Waals surface area contributed by atoms with E-state index in [9.17, 15) is 0 Å². The van der Waals surface area contributed by atoms with Gasteiger partial charge in [-0.2, -0.15) is 0 Å². The molecule has 1 unspecified atom stereocenters. The quantitative estimate of drug-likeness (QED) is 0.713. The Morgan fingerprint density at radius 2 is 1.86 bits per heavy atom. The van der Waals surface area contributed by atoms with Crippen LogP contribution in [0.1, 0.15) is 17.2 Å². The summed E-state index contributed by atoms with van der Waals surface area (Å²) in [5.41, 5.74) is 2.22. The van der Waals surface area contributed by atoms with Crippen LogP contribution < -0.4 is 5.32 Å². The van der Waals surface area contributed by atoms with E-state index < -0.39 is 0 Å². The molecule has 0 bridgehead atoms. The first-order valence-electron chi connectivity index (χ1n) is 6.66. The molecule has 0 saturated heterocycles. The van der Waals surface area contributed by atoms with E-state index in [1.807, 2.05) is 43.7 Å². The maximum atomic E-state index is 6.47. The molecule has 1 atom stereocenters. The van der Waals surface area contributed by atoms with Crippen LogP contribution in [0.25, 0.3) is 10.8 Å². The van der Waals surface area contributed by atoms with Gasteiger partial charge in [0.2, 0.25) is 0 Å². The van der Waals surface area contributed by atoms with E-state index in [4.69, 9.17) is 11.6 Å². The minimum absolute atomic E-state index is 0.0166. The fourth-order valence-electron chi connectivity index (χ4n) is 2.61. The maximum absolute atomic E-state index is 6.47. The van der Waals surface area contributed by atoms with Crippen molar-refractivity contribution in [2.75, 3.05) is 7.05 Å². The van der Waals surface area contributed by atoms with Crippen LogP contribution in [0.4, 0.5) is 0 Å². The van der Waals surface area contributed by atoms with Crippen LogP contribution in [0.3, 0.4) is 0 Å². The molecule has 1 heterocycles. The van der Waals surface area contributed by atoms with Gasteiger partial charge in [-0.3, -0.25) is 4.98 Å². The van der Waals surface area contributed by atoms with Crippen molar-refractivity contribution in [3.63, 3.8) is 0 Å². The lowest BCUT2D eigenvalue weighted by atomic mass is 9.95. The first-order chi connectivity index (χ1) is 10.2. The molecule has 2 aromatic carbocycles. The van der Waals surface area contributed by atoms with Crippen LogP contribution in [-0.2, 0) is 0 Å². The smallest absolute Gasteiger partial charge is 0.0599 e. The lowest BCUT2D eigenvalue weighted by molar-refractivity contribution is 0.696. The summed E-state index contributed by atoms with van der Waals surface area (Å²) >= 11 is 9.96. The molecule has 0 aliphatic carbocycles. The number of rotatable bonds is 3. The largest absolute Gasteiger partial charge is 0.309 e. The first-order valence-corrected chi connectivity index (χ1v) is 7.83. The summed E-state index contributed by atoms with van der Waals surface area (Å²) in [4.78, 5) is 4.25. The molecule has 0 saturated carbocycles. The standard InChI is InChI=1S/C17H14BrClN2/c1-20-17(13-6-3-7-15(18)16(13)19)12-5-2-4-11-8-9-21-10-14(11)12/h2-10,17,20H,1H3. The molecule has 0 aliphatic rings. The fourth-order valence-corrected chi connectivity index (χ4v) is 3.23. The highest BCUT2D eigenvalue weighted by atomic mass is 79.9. The van der Waals surface area contributed by atoms with Crippen molar-refractivity contribution in [2.24, 2.45) is 0 Å². The molecule has 1 N–H and O–H groups in total. The molecule has 3 aromatic rings. The Morgan fingerprint density at radius 1 is 1.10 bits per heavy atom. The molecule has 0 fully saturated rings. The van der Waals surface area contributed by atoms with Gasteiger partial charge in [0.25, 0.3) is 0 Å². The molecule has 21 heavy (non-hydrogen) atoms. The molecule has 1 aromatic heterocycles. The average molecular weight is 362 g/mol. The second-order valence-corrected chi connectivity index (χ2v) is 6.04. The third kappa shape index (κ3) is 2.69. The Hall–Kier alpha value is -1.42. The van der Waals surface area contributed by atoms with Gasteiger partial charge >= 0.3 is 0 Å². The zero-order valence-corrected chi connectivity index (χ0v) is 13.8. The lowest BCUT2D eigenvalue weighted by Crippen LogP contribution is -2.18.